The monoisotopic (exact) mass is 311 g/mol. The standard InChI is InChI=1S/C22H17NO/c1-14-8-7-9-15(2)20(14)23-21-16-10-3-5-12-18(16)22(24)19-13-6-4-11-17(19)21/h3-13H,1-2H3. The van der Waals surface area contributed by atoms with Gasteiger partial charge in [-0.25, -0.2) is 4.99 Å². The fraction of sp³-hybridized carbons (Fsp3) is 0.0909. The van der Waals surface area contributed by atoms with E-state index in [4.69, 9.17) is 4.99 Å². The van der Waals surface area contributed by atoms with E-state index >= 15 is 0 Å². The van der Waals surface area contributed by atoms with Crippen LogP contribution in [-0.2, 0) is 0 Å². The molecule has 1 aliphatic rings. The molecular weight excluding hydrogens is 294 g/mol. The molecule has 116 valence electrons. The minimum atomic E-state index is 0.0710. The van der Waals surface area contributed by atoms with Gasteiger partial charge < -0.3 is 0 Å². The summed E-state index contributed by atoms with van der Waals surface area (Å²) in [6.07, 6.45) is 0. The average molecular weight is 311 g/mol. The van der Waals surface area contributed by atoms with E-state index in [2.05, 4.69) is 26.0 Å². The summed E-state index contributed by atoms with van der Waals surface area (Å²) in [7, 11) is 0. The zero-order valence-corrected chi connectivity index (χ0v) is 13.7. The molecule has 0 aliphatic heterocycles. The van der Waals surface area contributed by atoms with Gasteiger partial charge in [-0.1, -0.05) is 66.7 Å². The van der Waals surface area contributed by atoms with Crippen molar-refractivity contribution in [1.29, 1.82) is 0 Å². The van der Waals surface area contributed by atoms with E-state index in [1.165, 1.54) is 0 Å². The SMILES string of the molecule is Cc1cccc(C)c1N=C1c2ccccc2C(=O)c2ccccc21. The van der Waals surface area contributed by atoms with E-state index in [9.17, 15) is 4.79 Å². The summed E-state index contributed by atoms with van der Waals surface area (Å²) < 4.78 is 0. The molecule has 0 aromatic heterocycles. The number of aliphatic imine (C=N–C) groups is 1. The Balaban J connectivity index is 2.04. The Kier molecular flexibility index (Phi) is 3.39. The van der Waals surface area contributed by atoms with Crippen LogP contribution >= 0.6 is 0 Å². The number of hydrogen-bond acceptors (Lipinski definition) is 2. The topological polar surface area (TPSA) is 29.4 Å². The molecule has 2 nitrogen and oxygen atoms in total. The lowest BCUT2D eigenvalue weighted by Crippen LogP contribution is -2.21. The first-order chi connectivity index (χ1) is 11.7. The highest BCUT2D eigenvalue weighted by atomic mass is 16.1. The number of fused-ring (bicyclic) bond motifs is 2. The maximum atomic E-state index is 12.8. The minimum absolute atomic E-state index is 0.0710. The average Bonchev–Trinajstić information content (AvgIpc) is 2.61. The highest BCUT2D eigenvalue weighted by Crippen LogP contribution is 2.31. The molecule has 3 aromatic rings. The summed E-state index contributed by atoms with van der Waals surface area (Å²) in [5.41, 5.74) is 7.38. The van der Waals surface area contributed by atoms with Gasteiger partial charge in [0, 0.05) is 22.3 Å². The molecule has 0 fully saturated rings. The third-order valence-corrected chi connectivity index (χ3v) is 4.52. The van der Waals surface area contributed by atoms with Crippen LogP contribution in [-0.4, -0.2) is 11.5 Å². The van der Waals surface area contributed by atoms with Crippen molar-refractivity contribution in [3.63, 3.8) is 0 Å². The molecular formula is C22H17NO. The van der Waals surface area contributed by atoms with E-state index in [0.29, 0.717) is 0 Å². The van der Waals surface area contributed by atoms with Crippen molar-refractivity contribution in [1.82, 2.24) is 0 Å². The molecule has 3 aromatic carbocycles. The van der Waals surface area contributed by atoms with Gasteiger partial charge in [-0.2, -0.15) is 0 Å². The van der Waals surface area contributed by atoms with Crippen molar-refractivity contribution in [2.24, 2.45) is 4.99 Å². The van der Waals surface area contributed by atoms with Gasteiger partial charge in [0.2, 0.25) is 0 Å². The van der Waals surface area contributed by atoms with Crippen molar-refractivity contribution in [2.75, 3.05) is 0 Å². The predicted molar refractivity (Wildman–Crippen MR) is 97.5 cm³/mol. The summed E-state index contributed by atoms with van der Waals surface area (Å²) in [4.78, 5) is 17.8. The van der Waals surface area contributed by atoms with Gasteiger partial charge in [0.1, 0.15) is 0 Å². The number of aryl methyl sites for hydroxylation is 2. The van der Waals surface area contributed by atoms with Crippen LogP contribution in [0.1, 0.15) is 38.2 Å². The van der Waals surface area contributed by atoms with Crippen molar-refractivity contribution in [3.8, 4) is 0 Å². The minimum Gasteiger partial charge on any atom is -0.289 e. The number of benzene rings is 3. The van der Waals surface area contributed by atoms with Crippen LogP contribution in [0, 0.1) is 13.8 Å². The van der Waals surface area contributed by atoms with Gasteiger partial charge >= 0.3 is 0 Å². The Labute approximate surface area is 141 Å². The van der Waals surface area contributed by atoms with Crippen LogP contribution in [0.5, 0.6) is 0 Å². The molecule has 0 heterocycles. The molecule has 0 saturated heterocycles. The maximum Gasteiger partial charge on any atom is 0.194 e. The number of hydrogen-bond donors (Lipinski definition) is 0. The first kappa shape index (κ1) is 14.6. The fourth-order valence-corrected chi connectivity index (χ4v) is 3.28. The second-order valence-corrected chi connectivity index (χ2v) is 6.12. The van der Waals surface area contributed by atoms with Gasteiger partial charge in [0.15, 0.2) is 5.78 Å². The summed E-state index contributed by atoms with van der Waals surface area (Å²) in [5, 5.41) is 0. The van der Waals surface area contributed by atoms with E-state index in [0.717, 1.165) is 44.8 Å². The van der Waals surface area contributed by atoms with Crippen LogP contribution in [0.3, 0.4) is 0 Å². The van der Waals surface area contributed by atoms with Crippen molar-refractivity contribution >= 4 is 17.2 Å². The smallest absolute Gasteiger partial charge is 0.194 e. The molecule has 0 spiro atoms. The number of ketones is 1. The fourth-order valence-electron chi connectivity index (χ4n) is 3.28. The molecule has 2 heteroatoms. The molecule has 0 atom stereocenters. The lowest BCUT2D eigenvalue weighted by Gasteiger charge is -2.21. The number of para-hydroxylation sites is 1. The van der Waals surface area contributed by atoms with E-state index in [1.54, 1.807) is 0 Å². The van der Waals surface area contributed by atoms with E-state index in [1.807, 2.05) is 54.6 Å². The maximum absolute atomic E-state index is 12.8. The third-order valence-electron chi connectivity index (χ3n) is 4.52. The van der Waals surface area contributed by atoms with Crippen molar-refractivity contribution in [2.45, 2.75) is 13.8 Å². The number of nitrogens with zero attached hydrogens (tertiary/aromatic N) is 1. The quantitative estimate of drug-likeness (QED) is 0.485. The Morgan fingerprint density at radius 2 is 1.08 bits per heavy atom. The molecule has 0 bridgehead atoms. The van der Waals surface area contributed by atoms with E-state index < -0.39 is 0 Å². The molecule has 4 rings (SSSR count). The Morgan fingerprint density at radius 3 is 1.58 bits per heavy atom. The summed E-state index contributed by atoms with van der Waals surface area (Å²) in [5.74, 6) is 0.0710. The van der Waals surface area contributed by atoms with Crippen LogP contribution < -0.4 is 0 Å². The van der Waals surface area contributed by atoms with Gasteiger partial charge in [-0.3, -0.25) is 4.79 Å². The number of carbonyl (C=O) groups excluding carboxylic acids is 1. The van der Waals surface area contributed by atoms with Crippen molar-refractivity contribution in [3.05, 3.63) is 100 Å². The normalized spacial score (nSPS) is 12.6. The highest BCUT2D eigenvalue weighted by Gasteiger charge is 2.27. The molecule has 0 unspecified atom stereocenters. The lowest BCUT2D eigenvalue weighted by atomic mass is 9.83. The Bertz CT molecular complexity index is 927. The van der Waals surface area contributed by atoms with Gasteiger partial charge in [0.05, 0.1) is 11.4 Å². The summed E-state index contributed by atoms with van der Waals surface area (Å²) >= 11 is 0. The van der Waals surface area contributed by atoms with Gasteiger partial charge in [0.25, 0.3) is 0 Å². The molecule has 1 aliphatic carbocycles. The second-order valence-electron chi connectivity index (χ2n) is 6.12. The Hall–Kier alpha value is -3.00. The number of rotatable bonds is 1. The van der Waals surface area contributed by atoms with Gasteiger partial charge in [-0.15, -0.1) is 0 Å². The largest absolute Gasteiger partial charge is 0.289 e. The van der Waals surface area contributed by atoms with Crippen LogP contribution in [0.15, 0.2) is 71.7 Å². The first-order valence-electron chi connectivity index (χ1n) is 8.05. The molecule has 0 amide bonds. The zero-order valence-electron chi connectivity index (χ0n) is 13.7. The third kappa shape index (κ3) is 2.19. The van der Waals surface area contributed by atoms with Crippen LogP contribution in [0.2, 0.25) is 0 Å². The molecule has 24 heavy (non-hydrogen) atoms. The predicted octanol–water partition coefficient (Wildman–Crippen LogP) is 5.02. The molecule has 0 saturated carbocycles. The Morgan fingerprint density at radius 1 is 0.625 bits per heavy atom. The first-order valence-corrected chi connectivity index (χ1v) is 8.05. The molecule has 0 N–H and O–H groups in total. The second kappa shape index (κ2) is 5.57. The van der Waals surface area contributed by atoms with Crippen LogP contribution in [0.25, 0.3) is 0 Å². The van der Waals surface area contributed by atoms with Crippen molar-refractivity contribution < 1.29 is 4.79 Å². The van der Waals surface area contributed by atoms with E-state index in [-0.39, 0.29) is 5.78 Å². The van der Waals surface area contributed by atoms with Gasteiger partial charge in [-0.05, 0) is 25.0 Å². The number of carbonyl (C=O) groups is 1. The molecule has 0 radical (unpaired) electrons. The zero-order chi connectivity index (χ0) is 16.7. The lowest BCUT2D eigenvalue weighted by molar-refractivity contribution is 0.103. The summed E-state index contributed by atoms with van der Waals surface area (Å²) in [6, 6.07) is 21.6. The summed E-state index contributed by atoms with van der Waals surface area (Å²) in [6.45, 7) is 4.14. The highest BCUT2D eigenvalue weighted by molar-refractivity contribution is 6.30. The van der Waals surface area contributed by atoms with Crippen LogP contribution in [0.4, 0.5) is 5.69 Å².